The van der Waals surface area contributed by atoms with Crippen molar-refractivity contribution in [3.63, 3.8) is 0 Å². The molecule has 2 saturated carbocycles. The lowest BCUT2D eigenvalue weighted by atomic mass is 9.67. The minimum Gasteiger partial charge on any atom is -0.454 e. The molecule has 3 aliphatic rings. The molecule has 12 aromatic carbocycles. The second kappa shape index (κ2) is 21.3. The first-order chi connectivity index (χ1) is 43.8. The summed E-state index contributed by atoms with van der Waals surface area (Å²) < 4.78 is 14.9. The summed E-state index contributed by atoms with van der Waals surface area (Å²) in [4.78, 5) is 5.04. The van der Waals surface area contributed by atoms with Crippen molar-refractivity contribution in [2.75, 3.05) is 9.80 Å². The molecule has 0 bridgehead atoms. The molecule has 2 aromatic heterocycles. The fraction of sp³-hybridized carbons (Fsp3) is 0.200. The molecule has 3 aliphatic carbocycles. The predicted molar refractivity (Wildman–Crippen MR) is 373 cm³/mol. The first-order valence-electron chi connectivity index (χ1n) is 32.8. The van der Waals surface area contributed by atoms with E-state index in [1.165, 1.54) is 129 Å². The Morgan fingerprint density at radius 2 is 0.663 bits per heavy atom. The molecule has 0 amide bonds. The molecule has 14 aromatic rings. The number of fused-ring (bicyclic) bond motifs is 13. The van der Waals surface area contributed by atoms with Gasteiger partial charge in [-0.05, 0) is 164 Å². The Hall–Kier alpha value is -9.64. The maximum atomic E-state index is 7.44. The lowest BCUT2D eigenvalue weighted by Gasteiger charge is -2.36. The molecule has 0 atom stereocenters. The van der Waals surface area contributed by atoms with Gasteiger partial charge in [-0.2, -0.15) is 0 Å². The van der Waals surface area contributed by atoms with E-state index in [0.717, 1.165) is 78.0 Å². The third-order valence-electron chi connectivity index (χ3n) is 20.8. The Morgan fingerprint density at radius 3 is 1.04 bits per heavy atom. The quantitative estimate of drug-likeness (QED) is 0.122. The number of anilines is 6. The summed E-state index contributed by atoms with van der Waals surface area (Å²) in [6, 6.07) is 92.2. The normalized spacial score (nSPS) is 15.0. The van der Waals surface area contributed by atoms with Gasteiger partial charge in [-0.25, -0.2) is 0 Å². The van der Waals surface area contributed by atoms with Crippen LogP contribution in [0, 0.1) is 0 Å². The van der Waals surface area contributed by atoms with Gasteiger partial charge in [-0.15, -0.1) is 0 Å². The standard InChI is InChI=1S/C85H72N2O2/c1-53(2)55-43-47-61(48-44-55)86(75-41-21-39-71-69-37-19-35-63(57-23-11-12-24-57)81(69)88-83(71)75)77-51-73-79(67-33-17-15-31-65(67)77)80-68-34-18-16-32-66(68)78(52-74(80)85(73,59-27-7-5-8-28-59)60-29-9-6-10-30-60)87(62-49-45-56(46-50-62)54(3)4)76-42-22-40-72-70-38-20-36-64(58-25-13-14-26-58)82(70)89-84(72)76/h5-10,15-22,27-54,57-58H,11-14,23-26H2,1-4H3. The Kier molecular flexibility index (Phi) is 12.8. The third kappa shape index (κ3) is 8.32. The first kappa shape index (κ1) is 53.6. The van der Waals surface area contributed by atoms with Gasteiger partial charge < -0.3 is 18.6 Å². The van der Waals surface area contributed by atoms with Crippen molar-refractivity contribution in [2.24, 2.45) is 0 Å². The molecule has 89 heavy (non-hydrogen) atoms. The van der Waals surface area contributed by atoms with Gasteiger partial charge in [0.15, 0.2) is 11.2 Å². The van der Waals surface area contributed by atoms with Crippen LogP contribution >= 0.6 is 0 Å². The van der Waals surface area contributed by atoms with E-state index in [-0.39, 0.29) is 0 Å². The molecule has 2 heterocycles. The van der Waals surface area contributed by atoms with Crippen molar-refractivity contribution in [1.29, 1.82) is 0 Å². The van der Waals surface area contributed by atoms with Crippen molar-refractivity contribution >= 4 is 99.5 Å². The summed E-state index contributed by atoms with van der Waals surface area (Å²) in [6.45, 7) is 9.13. The van der Waals surface area contributed by atoms with Gasteiger partial charge in [-0.3, -0.25) is 0 Å². The topological polar surface area (TPSA) is 32.8 Å². The number of para-hydroxylation sites is 4. The van der Waals surface area contributed by atoms with Crippen LogP contribution in [0.4, 0.5) is 34.1 Å². The molecule has 0 aliphatic heterocycles. The molecule has 17 rings (SSSR count). The Labute approximate surface area is 521 Å². The summed E-state index contributed by atoms with van der Waals surface area (Å²) in [6.07, 6.45) is 9.84. The predicted octanol–water partition coefficient (Wildman–Crippen LogP) is 24.7. The highest BCUT2D eigenvalue weighted by Gasteiger charge is 2.49. The molecule has 2 fully saturated rings. The number of hydrogen-bond donors (Lipinski definition) is 0. The third-order valence-corrected chi connectivity index (χ3v) is 20.8. The zero-order chi connectivity index (χ0) is 59.5. The molecule has 4 nitrogen and oxygen atoms in total. The van der Waals surface area contributed by atoms with Gasteiger partial charge >= 0.3 is 0 Å². The second-order valence-electron chi connectivity index (χ2n) is 26.3. The van der Waals surface area contributed by atoms with Crippen LogP contribution < -0.4 is 9.80 Å². The van der Waals surface area contributed by atoms with E-state index in [2.05, 4.69) is 280 Å². The van der Waals surface area contributed by atoms with Gasteiger partial charge in [0.1, 0.15) is 11.2 Å². The summed E-state index contributed by atoms with van der Waals surface area (Å²) >= 11 is 0. The Bertz CT molecular complexity index is 4720. The van der Waals surface area contributed by atoms with E-state index in [0.29, 0.717) is 23.7 Å². The smallest absolute Gasteiger partial charge is 0.159 e. The molecular weight excluding hydrogens is 1080 g/mol. The lowest BCUT2D eigenvalue weighted by molar-refractivity contribution is 0.643. The van der Waals surface area contributed by atoms with Gasteiger partial charge in [0.05, 0.1) is 28.2 Å². The van der Waals surface area contributed by atoms with E-state index in [4.69, 9.17) is 8.83 Å². The van der Waals surface area contributed by atoms with Crippen molar-refractivity contribution < 1.29 is 8.83 Å². The van der Waals surface area contributed by atoms with Crippen molar-refractivity contribution in [2.45, 2.75) is 108 Å². The summed E-state index contributed by atoms with van der Waals surface area (Å²) in [5.74, 6) is 1.74. The minimum atomic E-state index is -0.825. The molecule has 0 radical (unpaired) electrons. The monoisotopic (exact) mass is 1150 g/mol. The summed E-state index contributed by atoms with van der Waals surface area (Å²) in [5.41, 5.74) is 22.0. The average Bonchev–Trinajstić information content (AvgIpc) is 1.55. The highest BCUT2D eigenvalue weighted by molar-refractivity contribution is 6.20. The van der Waals surface area contributed by atoms with Crippen molar-refractivity contribution in [3.05, 3.63) is 287 Å². The molecule has 0 saturated heterocycles. The SMILES string of the molecule is CC(C)c1ccc(N(c2cc3c(c4ccccc24)-c2c(cc(N(c4ccc(C(C)C)cc4)c4cccc5c4oc4c(C6CCCC6)cccc45)c4ccccc24)C3(c2ccccc2)c2ccccc2)c2cccc3c2oc2c(C4CCCC4)cccc23)cc1. The van der Waals surface area contributed by atoms with Crippen LogP contribution in [0.25, 0.3) is 76.5 Å². The minimum absolute atomic E-state index is 0.373. The number of nitrogens with zero attached hydrogens (tertiary/aromatic N) is 2. The van der Waals surface area contributed by atoms with Crippen LogP contribution in [0.1, 0.15) is 147 Å². The lowest BCUT2D eigenvalue weighted by Crippen LogP contribution is -2.29. The molecule has 434 valence electrons. The van der Waals surface area contributed by atoms with E-state index in [1.54, 1.807) is 0 Å². The van der Waals surface area contributed by atoms with Crippen LogP contribution in [-0.2, 0) is 5.41 Å². The van der Waals surface area contributed by atoms with E-state index in [9.17, 15) is 0 Å². The van der Waals surface area contributed by atoms with E-state index in [1.807, 2.05) is 0 Å². The first-order valence-corrected chi connectivity index (χ1v) is 32.8. The fourth-order valence-corrected chi connectivity index (χ4v) is 16.5. The zero-order valence-electron chi connectivity index (χ0n) is 51.3. The number of furan rings is 2. The molecule has 0 N–H and O–H groups in total. The van der Waals surface area contributed by atoms with Crippen LogP contribution in [0.3, 0.4) is 0 Å². The molecule has 4 heteroatoms. The van der Waals surface area contributed by atoms with Crippen molar-refractivity contribution in [3.8, 4) is 11.1 Å². The fourth-order valence-electron chi connectivity index (χ4n) is 16.5. The van der Waals surface area contributed by atoms with Crippen LogP contribution in [-0.4, -0.2) is 0 Å². The summed E-state index contributed by atoms with van der Waals surface area (Å²) in [5, 5.41) is 9.35. The second-order valence-corrected chi connectivity index (χ2v) is 26.3. The molecule has 0 spiro atoms. The van der Waals surface area contributed by atoms with Gasteiger partial charge in [0, 0.05) is 43.7 Å². The average molecular weight is 1150 g/mol. The highest BCUT2D eigenvalue weighted by atomic mass is 16.3. The number of rotatable bonds is 12. The van der Waals surface area contributed by atoms with E-state index < -0.39 is 5.41 Å². The highest BCUT2D eigenvalue weighted by Crippen LogP contribution is 2.63. The molecule has 0 unspecified atom stereocenters. The van der Waals surface area contributed by atoms with Crippen LogP contribution in [0.5, 0.6) is 0 Å². The van der Waals surface area contributed by atoms with E-state index >= 15 is 0 Å². The van der Waals surface area contributed by atoms with Gasteiger partial charge in [0.25, 0.3) is 0 Å². The number of benzene rings is 12. The largest absolute Gasteiger partial charge is 0.454 e. The Morgan fingerprint density at radius 1 is 0.326 bits per heavy atom. The summed E-state index contributed by atoms with van der Waals surface area (Å²) in [7, 11) is 0. The Balaban J connectivity index is 0.984. The van der Waals surface area contributed by atoms with Crippen molar-refractivity contribution in [1.82, 2.24) is 0 Å². The van der Waals surface area contributed by atoms with Gasteiger partial charge in [0.2, 0.25) is 0 Å². The van der Waals surface area contributed by atoms with Crippen LogP contribution in [0.15, 0.2) is 251 Å². The van der Waals surface area contributed by atoms with Crippen LogP contribution in [0.2, 0.25) is 0 Å². The van der Waals surface area contributed by atoms with Gasteiger partial charge in [-0.1, -0.05) is 248 Å². The zero-order valence-corrected chi connectivity index (χ0v) is 51.3. The number of hydrogen-bond acceptors (Lipinski definition) is 4. The maximum Gasteiger partial charge on any atom is 0.159 e. The molecular formula is C85H72N2O2. The maximum absolute atomic E-state index is 7.44.